The van der Waals surface area contributed by atoms with Crippen LogP contribution in [0.4, 0.5) is 0 Å². The SMILES string of the molecule is O[C@@]1(c2nc(-c3cccc(CN4CCCCC4)c3)no2)CCSC1. The Bertz CT molecular complexity index is 691. The molecule has 1 aromatic carbocycles. The number of likely N-dealkylation sites (tertiary alicyclic amines) is 1. The van der Waals surface area contributed by atoms with Gasteiger partial charge in [-0.15, -0.1) is 0 Å². The van der Waals surface area contributed by atoms with Gasteiger partial charge in [0.25, 0.3) is 5.89 Å². The number of aliphatic hydroxyl groups is 1. The van der Waals surface area contributed by atoms with Crippen molar-refractivity contribution in [1.82, 2.24) is 15.0 Å². The monoisotopic (exact) mass is 345 g/mol. The van der Waals surface area contributed by atoms with E-state index in [0.29, 0.717) is 23.9 Å². The first kappa shape index (κ1) is 16.1. The zero-order chi connectivity index (χ0) is 16.4. The van der Waals surface area contributed by atoms with Crippen molar-refractivity contribution in [3.63, 3.8) is 0 Å². The molecule has 0 radical (unpaired) electrons. The summed E-state index contributed by atoms with van der Waals surface area (Å²) in [6.07, 6.45) is 4.62. The molecule has 2 saturated heterocycles. The second-order valence-corrected chi connectivity index (χ2v) is 7.90. The molecule has 2 aromatic rings. The summed E-state index contributed by atoms with van der Waals surface area (Å²) in [7, 11) is 0. The molecule has 5 nitrogen and oxygen atoms in total. The molecular weight excluding hydrogens is 322 g/mol. The van der Waals surface area contributed by atoms with Gasteiger partial charge in [-0.1, -0.05) is 29.8 Å². The number of piperidine rings is 1. The summed E-state index contributed by atoms with van der Waals surface area (Å²) in [5, 5.41) is 14.7. The average Bonchev–Trinajstić information content (AvgIpc) is 3.26. The molecule has 6 heteroatoms. The van der Waals surface area contributed by atoms with Crippen molar-refractivity contribution in [3.05, 3.63) is 35.7 Å². The molecule has 2 aliphatic heterocycles. The molecule has 2 fully saturated rings. The maximum absolute atomic E-state index is 10.6. The number of thioether (sulfide) groups is 1. The summed E-state index contributed by atoms with van der Waals surface area (Å²) in [6.45, 7) is 3.34. The molecule has 24 heavy (non-hydrogen) atoms. The van der Waals surface area contributed by atoms with Crippen LogP contribution in [0, 0.1) is 0 Å². The van der Waals surface area contributed by atoms with Gasteiger partial charge in [0.1, 0.15) is 0 Å². The Hall–Kier alpha value is -1.37. The van der Waals surface area contributed by atoms with Crippen molar-refractivity contribution in [3.8, 4) is 11.4 Å². The predicted molar refractivity (Wildman–Crippen MR) is 94.7 cm³/mol. The van der Waals surface area contributed by atoms with E-state index in [1.165, 1.54) is 37.9 Å². The molecule has 1 aromatic heterocycles. The lowest BCUT2D eigenvalue weighted by Crippen LogP contribution is -2.29. The smallest absolute Gasteiger partial charge is 0.259 e. The normalized spacial score (nSPS) is 25.2. The maximum Gasteiger partial charge on any atom is 0.259 e. The molecule has 0 saturated carbocycles. The lowest BCUT2D eigenvalue weighted by molar-refractivity contribution is 0.0307. The predicted octanol–water partition coefficient (Wildman–Crippen LogP) is 3.05. The van der Waals surface area contributed by atoms with E-state index in [1.54, 1.807) is 11.8 Å². The minimum absolute atomic E-state index is 0.351. The van der Waals surface area contributed by atoms with E-state index in [-0.39, 0.29) is 0 Å². The molecule has 0 bridgehead atoms. The number of rotatable bonds is 4. The highest BCUT2D eigenvalue weighted by Crippen LogP contribution is 2.36. The second kappa shape index (κ2) is 6.86. The molecule has 2 aliphatic rings. The molecule has 0 aliphatic carbocycles. The van der Waals surface area contributed by atoms with Crippen LogP contribution in [0.15, 0.2) is 28.8 Å². The largest absolute Gasteiger partial charge is 0.379 e. The Morgan fingerprint density at radius 1 is 1.25 bits per heavy atom. The first-order chi connectivity index (χ1) is 11.7. The molecule has 1 atom stereocenters. The van der Waals surface area contributed by atoms with Crippen LogP contribution < -0.4 is 0 Å². The Labute approximate surface area is 146 Å². The minimum Gasteiger partial charge on any atom is -0.379 e. The van der Waals surface area contributed by atoms with Gasteiger partial charge in [0.15, 0.2) is 5.60 Å². The Morgan fingerprint density at radius 3 is 2.92 bits per heavy atom. The van der Waals surface area contributed by atoms with E-state index < -0.39 is 5.60 Å². The van der Waals surface area contributed by atoms with Gasteiger partial charge < -0.3 is 9.63 Å². The van der Waals surface area contributed by atoms with Crippen LogP contribution in [0.25, 0.3) is 11.4 Å². The fourth-order valence-corrected chi connectivity index (χ4v) is 4.67. The van der Waals surface area contributed by atoms with E-state index in [2.05, 4.69) is 27.2 Å². The van der Waals surface area contributed by atoms with Crippen molar-refractivity contribution >= 4 is 11.8 Å². The highest BCUT2D eigenvalue weighted by molar-refractivity contribution is 7.99. The van der Waals surface area contributed by atoms with E-state index >= 15 is 0 Å². The molecule has 1 N–H and O–H groups in total. The zero-order valence-corrected chi connectivity index (χ0v) is 14.6. The fraction of sp³-hybridized carbons (Fsp3) is 0.556. The third-order valence-corrected chi connectivity index (χ3v) is 6.04. The van der Waals surface area contributed by atoms with Gasteiger partial charge in [-0.3, -0.25) is 4.90 Å². The van der Waals surface area contributed by atoms with Gasteiger partial charge in [-0.05, 0) is 49.7 Å². The van der Waals surface area contributed by atoms with Gasteiger partial charge in [0.05, 0.1) is 0 Å². The standard InChI is InChI=1S/C18H23N3O2S/c22-18(7-10-24-13-18)17-19-16(20-23-17)15-6-4-5-14(11-15)12-21-8-2-1-3-9-21/h4-6,11,22H,1-3,7-10,12-13H2/t18-/m0/s1. The Kier molecular flexibility index (Phi) is 4.61. The van der Waals surface area contributed by atoms with Crippen LogP contribution in [0.3, 0.4) is 0 Å². The van der Waals surface area contributed by atoms with Crippen LogP contribution in [0.5, 0.6) is 0 Å². The van der Waals surface area contributed by atoms with E-state index in [1.807, 2.05) is 12.1 Å². The van der Waals surface area contributed by atoms with Gasteiger partial charge in [0, 0.05) is 17.9 Å². The quantitative estimate of drug-likeness (QED) is 0.919. The molecule has 0 unspecified atom stereocenters. The molecule has 0 spiro atoms. The van der Waals surface area contributed by atoms with Crippen molar-refractivity contribution in [2.45, 2.75) is 37.8 Å². The van der Waals surface area contributed by atoms with Gasteiger partial charge in [-0.2, -0.15) is 16.7 Å². The van der Waals surface area contributed by atoms with Crippen molar-refractivity contribution in [2.24, 2.45) is 0 Å². The van der Waals surface area contributed by atoms with Crippen molar-refractivity contribution in [2.75, 3.05) is 24.6 Å². The van der Waals surface area contributed by atoms with Crippen LogP contribution in [-0.4, -0.2) is 44.7 Å². The van der Waals surface area contributed by atoms with Crippen molar-refractivity contribution in [1.29, 1.82) is 0 Å². The minimum atomic E-state index is -0.957. The maximum atomic E-state index is 10.6. The van der Waals surface area contributed by atoms with Crippen LogP contribution in [0.2, 0.25) is 0 Å². The van der Waals surface area contributed by atoms with Crippen LogP contribution in [-0.2, 0) is 12.1 Å². The summed E-state index contributed by atoms with van der Waals surface area (Å²) < 4.78 is 5.36. The molecule has 0 amide bonds. The highest BCUT2D eigenvalue weighted by Gasteiger charge is 2.39. The lowest BCUT2D eigenvalue weighted by atomic mass is 10.0. The van der Waals surface area contributed by atoms with E-state index in [4.69, 9.17) is 4.52 Å². The molecule has 4 rings (SSSR count). The molecular formula is C18H23N3O2S. The topological polar surface area (TPSA) is 62.4 Å². The molecule has 3 heterocycles. The number of nitrogens with zero attached hydrogens (tertiary/aromatic N) is 3. The average molecular weight is 345 g/mol. The first-order valence-corrected chi connectivity index (χ1v) is 9.84. The summed E-state index contributed by atoms with van der Waals surface area (Å²) in [4.78, 5) is 6.97. The summed E-state index contributed by atoms with van der Waals surface area (Å²) in [6, 6.07) is 8.34. The van der Waals surface area contributed by atoms with Crippen LogP contribution >= 0.6 is 11.8 Å². The van der Waals surface area contributed by atoms with Gasteiger partial charge in [-0.25, -0.2) is 0 Å². The van der Waals surface area contributed by atoms with Crippen LogP contribution in [0.1, 0.15) is 37.1 Å². The zero-order valence-electron chi connectivity index (χ0n) is 13.8. The fourth-order valence-electron chi connectivity index (χ4n) is 3.44. The third-order valence-electron chi connectivity index (χ3n) is 4.86. The number of benzene rings is 1. The van der Waals surface area contributed by atoms with Gasteiger partial charge in [0.2, 0.25) is 5.82 Å². The van der Waals surface area contributed by atoms with Crippen molar-refractivity contribution < 1.29 is 9.63 Å². The third kappa shape index (κ3) is 3.36. The number of hydrogen-bond acceptors (Lipinski definition) is 6. The second-order valence-electron chi connectivity index (χ2n) is 6.79. The number of hydrogen-bond donors (Lipinski definition) is 1. The first-order valence-electron chi connectivity index (χ1n) is 8.69. The molecule has 128 valence electrons. The highest BCUT2D eigenvalue weighted by atomic mass is 32.2. The van der Waals surface area contributed by atoms with E-state index in [9.17, 15) is 5.11 Å². The number of aromatic nitrogens is 2. The summed E-state index contributed by atoms with van der Waals surface area (Å²) in [5.74, 6) is 2.48. The van der Waals surface area contributed by atoms with Gasteiger partial charge >= 0.3 is 0 Å². The lowest BCUT2D eigenvalue weighted by Gasteiger charge is -2.26. The Balaban J connectivity index is 1.52. The Morgan fingerprint density at radius 2 is 2.12 bits per heavy atom. The summed E-state index contributed by atoms with van der Waals surface area (Å²) >= 11 is 1.72. The van der Waals surface area contributed by atoms with E-state index in [0.717, 1.165) is 17.9 Å². The summed E-state index contributed by atoms with van der Waals surface area (Å²) in [5.41, 5.74) is 1.27.